The van der Waals surface area contributed by atoms with Crippen LogP contribution in [0.2, 0.25) is 10.0 Å². The molecule has 5 nitrogen and oxygen atoms in total. The Morgan fingerprint density at radius 3 is 2.44 bits per heavy atom. The molecule has 0 aliphatic carbocycles. The number of carbonyl (C=O) groups is 2. The third kappa shape index (κ3) is 3.94. The van der Waals surface area contributed by atoms with Gasteiger partial charge in [0.15, 0.2) is 0 Å². The fraction of sp³-hybridized carbons (Fsp3) is 0.200. The van der Waals surface area contributed by atoms with E-state index in [2.05, 4.69) is 5.32 Å². The number of anilines is 2. The molecular weight excluding hydrogens is 387 g/mol. The summed E-state index contributed by atoms with van der Waals surface area (Å²) in [5, 5.41) is 13.3. The van der Waals surface area contributed by atoms with Gasteiger partial charge in [-0.15, -0.1) is 0 Å². The van der Waals surface area contributed by atoms with Crippen molar-refractivity contribution in [1.29, 1.82) is 0 Å². The number of carbonyl (C=O) groups excluding carboxylic acids is 1. The van der Waals surface area contributed by atoms with E-state index in [0.717, 1.165) is 5.56 Å². The second-order valence-electron chi connectivity index (χ2n) is 7.23. The van der Waals surface area contributed by atoms with E-state index in [9.17, 15) is 14.7 Å². The first kappa shape index (κ1) is 19.3. The van der Waals surface area contributed by atoms with Crippen molar-refractivity contribution in [2.45, 2.75) is 26.3 Å². The summed E-state index contributed by atoms with van der Waals surface area (Å²) < 4.78 is 0. The third-order valence-corrected chi connectivity index (χ3v) is 4.55. The van der Waals surface area contributed by atoms with Crippen molar-refractivity contribution in [3.63, 3.8) is 0 Å². The highest BCUT2D eigenvalue weighted by Crippen LogP contribution is 2.36. The number of nitrogens with zero attached hydrogens (tertiary/aromatic N) is 1. The van der Waals surface area contributed by atoms with Crippen LogP contribution in [0.4, 0.5) is 16.2 Å². The Bertz CT molecular complexity index is 978. The van der Waals surface area contributed by atoms with E-state index in [1.807, 2.05) is 0 Å². The average molecular weight is 405 g/mol. The lowest BCUT2D eigenvalue weighted by molar-refractivity contribution is -0.110. The Morgan fingerprint density at radius 2 is 1.81 bits per heavy atom. The molecule has 0 atom stereocenters. The lowest BCUT2D eigenvalue weighted by Crippen LogP contribution is -2.45. The van der Waals surface area contributed by atoms with Gasteiger partial charge in [-0.25, -0.2) is 4.79 Å². The molecule has 2 aromatic rings. The van der Waals surface area contributed by atoms with E-state index < -0.39 is 11.6 Å². The van der Waals surface area contributed by atoms with E-state index in [0.29, 0.717) is 32.6 Å². The summed E-state index contributed by atoms with van der Waals surface area (Å²) in [5.41, 5.74) is 2.24. The van der Waals surface area contributed by atoms with Crippen molar-refractivity contribution >= 4 is 58.2 Å². The standard InChI is InChI=1S/C20H18Cl2N2O3/c1-20(2,3)24(19(26)27)14-7-11(6-13(22)9-14)8-16-15-5-4-12(21)10-17(15)23-18(16)25/h4-10H,1-3H3,(H,23,25)(H,26,27). The topological polar surface area (TPSA) is 69.6 Å². The van der Waals surface area contributed by atoms with Crippen LogP contribution in [0, 0.1) is 0 Å². The zero-order valence-corrected chi connectivity index (χ0v) is 16.5. The molecule has 0 saturated heterocycles. The van der Waals surface area contributed by atoms with Crippen LogP contribution in [0.25, 0.3) is 11.6 Å². The van der Waals surface area contributed by atoms with Crippen LogP contribution in [0.1, 0.15) is 31.9 Å². The molecule has 27 heavy (non-hydrogen) atoms. The van der Waals surface area contributed by atoms with Crippen LogP contribution in [0.3, 0.4) is 0 Å². The molecule has 0 aromatic heterocycles. The lowest BCUT2D eigenvalue weighted by Gasteiger charge is -2.33. The van der Waals surface area contributed by atoms with Crippen LogP contribution in [0.15, 0.2) is 36.4 Å². The number of carboxylic acid groups (broad SMARTS) is 1. The summed E-state index contributed by atoms with van der Waals surface area (Å²) in [6.45, 7) is 5.39. The number of halogens is 2. The number of hydrogen-bond acceptors (Lipinski definition) is 2. The van der Waals surface area contributed by atoms with Crippen LogP contribution >= 0.6 is 23.2 Å². The van der Waals surface area contributed by atoms with Crippen LogP contribution in [0.5, 0.6) is 0 Å². The number of nitrogens with one attached hydrogen (secondary N) is 1. The summed E-state index contributed by atoms with van der Waals surface area (Å²) in [4.78, 5) is 25.3. The highest BCUT2D eigenvalue weighted by molar-refractivity contribution is 6.37. The van der Waals surface area contributed by atoms with E-state index in [1.54, 1.807) is 63.2 Å². The minimum Gasteiger partial charge on any atom is -0.465 e. The van der Waals surface area contributed by atoms with Gasteiger partial charge >= 0.3 is 6.09 Å². The highest BCUT2D eigenvalue weighted by Gasteiger charge is 2.29. The monoisotopic (exact) mass is 404 g/mol. The number of fused-ring (bicyclic) bond motifs is 1. The van der Waals surface area contributed by atoms with Crippen molar-refractivity contribution in [2.75, 3.05) is 10.2 Å². The zero-order chi connectivity index (χ0) is 19.9. The van der Waals surface area contributed by atoms with Crippen LogP contribution in [-0.4, -0.2) is 22.6 Å². The van der Waals surface area contributed by atoms with Gasteiger partial charge in [-0.2, -0.15) is 0 Å². The lowest BCUT2D eigenvalue weighted by atomic mass is 10.0. The second-order valence-corrected chi connectivity index (χ2v) is 8.11. The summed E-state index contributed by atoms with van der Waals surface area (Å²) in [6, 6.07) is 10.1. The van der Waals surface area contributed by atoms with Gasteiger partial charge in [0.1, 0.15) is 0 Å². The van der Waals surface area contributed by atoms with Gasteiger partial charge in [0.2, 0.25) is 0 Å². The summed E-state index contributed by atoms with van der Waals surface area (Å²) in [6.07, 6.45) is 0.606. The van der Waals surface area contributed by atoms with E-state index in [4.69, 9.17) is 23.2 Å². The first-order chi connectivity index (χ1) is 12.6. The molecule has 0 radical (unpaired) electrons. The second kappa shape index (κ2) is 6.91. The molecule has 140 valence electrons. The van der Waals surface area contributed by atoms with Crippen molar-refractivity contribution in [3.8, 4) is 0 Å². The van der Waals surface area contributed by atoms with Gasteiger partial charge in [-0.3, -0.25) is 9.69 Å². The van der Waals surface area contributed by atoms with Gasteiger partial charge < -0.3 is 10.4 Å². The predicted octanol–water partition coefficient (Wildman–Crippen LogP) is 5.77. The molecule has 7 heteroatoms. The fourth-order valence-electron chi connectivity index (χ4n) is 3.07. The maximum absolute atomic E-state index is 12.4. The van der Waals surface area contributed by atoms with Gasteiger partial charge in [-0.05, 0) is 62.7 Å². The normalized spacial score (nSPS) is 14.9. The van der Waals surface area contributed by atoms with E-state index in [1.165, 1.54) is 4.90 Å². The maximum atomic E-state index is 12.4. The van der Waals surface area contributed by atoms with E-state index >= 15 is 0 Å². The van der Waals surface area contributed by atoms with Crippen molar-refractivity contribution < 1.29 is 14.7 Å². The first-order valence-electron chi connectivity index (χ1n) is 8.23. The average Bonchev–Trinajstić information content (AvgIpc) is 2.79. The molecule has 2 N–H and O–H groups in total. The molecule has 0 saturated carbocycles. The molecule has 1 aliphatic heterocycles. The quantitative estimate of drug-likeness (QED) is 0.624. The number of amides is 2. The van der Waals surface area contributed by atoms with Gasteiger partial charge in [0, 0.05) is 32.4 Å². The largest absolute Gasteiger partial charge is 0.465 e. The molecular formula is C20H18Cl2N2O3. The minimum absolute atomic E-state index is 0.250. The highest BCUT2D eigenvalue weighted by atomic mass is 35.5. The van der Waals surface area contributed by atoms with Crippen molar-refractivity contribution in [1.82, 2.24) is 0 Å². The molecule has 0 fully saturated rings. The Morgan fingerprint density at radius 1 is 1.11 bits per heavy atom. The van der Waals surface area contributed by atoms with Crippen molar-refractivity contribution in [2.24, 2.45) is 0 Å². The molecule has 0 spiro atoms. The Labute approximate surface area is 167 Å². The fourth-order valence-corrected chi connectivity index (χ4v) is 3.48. The number of benzene rings is 2. The molecule has 0 bridgehead atoms. The van der Waals surface area contributed by atoms with E-state index in [-0.39, 0.29) is 5.91 Å². The number of rotatable bonds is 2. The summed E-state index contributed by atoms with van der Waals surface area (Å²) in [5.74, 6) is -0.250. The first-order valence-corrected chi connectivity index (χ1v) is 8.98. The van der Waals surface area contributed by atoms with Crippen molar-refractivity contribution in [3.05, 3.63) is 57.6 Å². The Balaban J connectivity index is 2.09. The maximum Gasteiger partial charge on any atom is 0.412 e. The zero-order valence-electron chi connectivity index (χ0n) is 15.0. The predicted molar refractivity (Wildman–Crippen MR) is 110 cm³/mol. The molecule has 3 rings (SSSR count). The van der Waals surface area contributed by atoms with Gasteiger partial charge in [0.25, 0.3) is 5.91 Å². The molecule has 2 aromatic carbocycles. The van der Waals surface area contributed by atoms with Gasteiger partial charge in [0.05, 0.1) is 5.69 Å². The Hall–Kier alpha value is -2.50. The Kier molecular flexibility index (Phi) is 4.93. The molecule has 2 amide bonds. The van der Waals surface area contributed by atoms with Gasteiger partial charge in [-0.1, -0.05) is 29.3 Å². The molecule has 1 aliphatic rings. The summed E-state index contributed by atoms with van der Waals surface area (Å²) in [7, 11) is 0. The van der Waals surface area contributed by atoms with Crippen LogP contribution < -0.4 is 10.2 Å². The molecule has 1 heterocycles. The molecule has 0 unspecified atom stereocenters. The third-order valence-electron chi connectivity index (χ3n) is 4.10. The minimum atomic E-state index is -1.08. The SMILES string of the molecule is CC(C)(C)N(C(=O)O)c1cc(Cl)cc(C=C2C(=O)Nc3cc(Cl)ccc32)c1. The van der Waals surface area contributed by atoms with Crippen LogP contribution in [-0.2, 0) is 4.79 Å². The summed E-state index contributed by atoms with van der Waals surface area (Å²) >= 11 is 12.2. The smallest absolute Gasteiger partial charge is 0.412 e. The number of hydrogen-bond donors (Lipinski definition) is 2.